The first kappa shape index (κ1) is 15.2. The Morgan fingerprint density at radius 3 is 1.78 bits per heavy atom. The van der Waals surface area contributed by atoms with Crippen molar-refractivity contribution in [3.8, 4) is 0 Å². The van der Waals surface area contributed by atoms with Crippen molar-refractivity contribution >= 4 is 49.2 Å². The molecule has 1 atom stereocenters. The second-order valence-electron chi connectivity index (χ2n) is 8.66. The van der Waals surface area contributed by atoms with Gasteiger partial charge in [-0.1, -0.05) is 93.6 Å². The van der Waals surface area contributed by atoms with Gasteiger partial charge < -0.3 is 0 Å². The lowest BCUT2D eigenvalue weighted by Gasteiger charge is -2.37. The van der Waals surface area contributed by atoms with Crippen LogP contribution in [-0.4, -0.2) is 0 Å². The molecule has 6 rings (SSSR count). The molecule has 1 aliphatic carbocycles. The van der Waals surface area contributed by atoms with Crippen molar-refractivity contribution in [1.29, 1.82) is 0 Å². The van der Waals surface area contributed by atoms with Gasteiger partial charge in [0.25, 0.3) is 0 Å². The minimum Gasteiger partial charge on any atom is -0.0723 e. The fourth-order valence-corrected chi connectivity index (χ4v) is 5.35. The summed E-state index contributed by atoms with van der Waals surface area (Å²) in [6.07, 6.45) is 2.52. The molecule has 1 unspecified atom stereocenters. The molecule has 0 radical (unpaired) electrons. The minimum atomic E-state index is 0.103. The van der Waals surface area contributed by atoms with Gasteiger partial charge in [-0.15, -0.1) is 0 Å². The molecule has 27 heavy (non-hydrogen) atoms. The van der Waals surface area contributed by atoms with E-state index in [1.807, 2.05) is 0 Å². The molecule has 0 N–H and O–H groups in total. The Labute approximate surface area is 159 Å². The second-order valence-corrected chi connectivity index (χ2v) is 8.66. The third-order valence-electron chi connectivity index (χ3n) is 7.03. The molecule has 0 amide bonds. The normalized spacial score (nSPS) is 18.4. The van der Waals surface area contributed by atoms with Crippen molar-refractivity contribution in [2.45, 2.75) is 26.2 Å². The third kappa shape index (κ3) is 1.74. The summed E-state index contributed by atoms with van der Waals surface area (Å²) in [6.45, 7) is 7.20. The van der Waals surface area contributed by atoms with E-state index in [1.165, 1.54) is 53.9 Å². The summed E-state index contributed by atoms with van der Waals surface area (Å²) in [4.78, 5) is 0. The van der Waals surface area contributed by atoms with Gasteiger partial charge in [0.15, 0.2) is 0 Å². The smallest absolute Gasteiger partial charge is 0.00170 e. The zero-order valence-electron chi connectivity index (χ0n) is 16.0. The predicted molar refractivity (Wildman–Crippen MR) is 118 cm³/mol. The van der Waals surface area contributed by atoms with Crippen molar-refractivity contribution in [2.75, 3.05) is 0 Å². The van der Waals surface area contributed by atoms with Crippen LogP contribution in [0.15, 0.2) is 66.7 Å². The highest BCUT2D eigenvalue weighted by atomic mass is 14.4. The van der Waals surface area contributed by atoms with Crippen LogP contribution in [0.1, 0.15) is 26.3 Å². The van der Waals surface area contributed by atoms with Crippen molar-refractivity contribution in [1.82, 2.24) is 0 Å². The summed E-state index contributed by atoms with van der Waals surface area (Å²) in [7, 11) is 0. The number of hydrogen-bond donors (Lipinski definition) is 0. The van der Waals surface area contributed by atoms with E-state index in [2.05, 4.69) is 93.6 Å². The van der Waals surface area contributed by atoms with E-state index >= 15 is 0 Å². The highest BCUT2D eigenvalue weighted by molar-refractivity contribution is 6.29. The molecule has 5 aromatic carbocycles. The van der Waals surface area contributed by atoms with Gasteiger partial charge in [0.1, 0.15) is 0 Å². The van der Waals surface area contributed by atoms with Crippen LogP contribution in [0.4, 0.5) is 0 Å². The molecule has 5 aromatic rings. The van der Waals surface area contributed by atoms with Gasteiger partial charge in [-0.25, -0.2) is 0 Å². The summed E-state index contributed by atoms with van der Waals surface area (Å²) in [5, 5.41) is 12.7. The largest absolute Gasteiger partial charge is 0.0723 e. The van der Waals surface area contributed by atoms with Crippen LogP contribution in [0.3, 0.4) is 0 Å². The van der Waals surface area contributed by atoms with E-state index in [1.54, 1.807) is 0 Å². The Morgan fingerprint density at radius 2 is 1.11 bits per heavy atom. The summed E-state index contributed by atoms with van der Waals surface area (Å²) in [6, 6.07) is 24.7. The molecule has 0 fully saturated rings. The lowest BCUT2D eigenvalue weighted by molar-refractivity contribution is 0.431. The van der Waals surface area contributed by atoms with Gasteiger partial charge in [0.05, 0.1) is 0 Å². The Kier molecular flexibility index (Phi) is 2.76. The SMILES string of the molecule is CC1C=c2c3ccccc3c3cccc4c5ccccc5c(c2c43)C1(C)C. The van der Waals surface area contributed by atoms with Crippen molar-refractivity contribution in [3.05, 3.63) is 77.5 Å². The predicted octanol–water partition coefficient (Wildman–Crippen LogP) is 6.73. The lowest BCUT2D eigenvalue weighted by Crippen LogP contribution is -2.32. The highest BCUT2D eigenvalue weighted by Gasteiger charge is 2.34. The molecule has 0 aliphatic heterocycles. The molecule has 0 nitrogen and oxygen atoms in total. The van der Waals surface area contributed by atoms with Crippen molar-refractivity contribution in [3.63, 3.8) is 0 Å². The Bertz CT molecular complexity index is 1430. The number of rotatable bonds is 0. The summed E-state index contributed by atoms with van der Waals surface area (Å²) in [5.74, 6) is 0.485. The second kappa shape index (κ2) is 4.89. The molecular weight excluding hydrogens is 324 g/mol. The highest BCUT2D eigenvalue weighted by Crippen LogP contribution is 2.47. The van der Waals surface area contributed by atoms with E-state index in [0.717, 1.165) is 0 Å². The van der Waals surface area contributed by atoms with Gasteiger partial charge in [0.2, 0.25) is 0 Å². The minimum absolute atomic E-state index is 0.103. The van der Waals surface area contributed by atoms with Gasteiger partial charge >= 0.3 is 0 Å². The Morgan fingerprint density at radius 1 is 0.593 bits per heavy atom. The maximum absolute atomic E-state index is 2.52. The van der Waals surface area contributed by atoms with Crippen molar-refractivity contribution in [2.24, 2.45) is 5.92 Å². The van der Waals surface area contributed by atoms with Gasteiger partial charge in [0, 0.05) is 0 Å². The molecular formula is C27H22. The van der Waals surface area contributed by atoms with E-state index < -0.39 is 0 Å². The Hall–Kier alpha value is -2.86. The average Bonchev–Trinajstić information content (AvgIpc) is 2.69. The van der Waals surface area contributed by atoms with Crippen LogP contribution >= 0.6 is 0 Å². The monoisotopic (exact) mass is 346 g/mol. The first-order chi connectivity index (χ1) is 13.1. The van der Waals surface area contributed by atoms with E-state index in [0.29, 0.717) is 5.92 Å². The topological polar surface area (TPSA) is 0 Å². The van der Waals surface area contributed by atoms with Gasteiger partial charge in [-0.05, 0) is 65.2 Å². The van der Waals surface area contributed by atoms with Crippen molar-refractivity contribution < 1.29 is 0 Å². The molecule has 0 saturated heterocycles. The summed E-state index contributed by atoms with van der Waals surface area (Å²) < 4.78 is 0. The van der Waals surface area contributed by atoms with E-state index in [9.17, 15) is 0 Å². The zero-order valence-corrected chi connectivity index (χ0v) is 16.0. The number of fused-ring (bicyclic) bond motifs is 6. The van der Waals surface area contributed by atoms with Gasteiger partial charge in [-0.2, -0.15) is 0 Å². The van der Waals surface area contributed by atoms with Crippen LogP contribution in [0.5, 0.6) is 0 Å². The maximum Gasteiger partial charge on any atom is -0.00170 e. The molecule has 0 bridgehead atoms. The summed E-state index contributed by atoms with van der Waals surface area (Å²) >= 11 is 0. The molecule has 0 aromatic heterocycles. The van der Waals surface area contributed by atoms with Crippen LogP contribution in [0.25, 0.3) is 49.2 Å². The first-order valence-corrected chi connectivity index (χ1v) is 9.89. The molecule has 0 heteroatoms. The Balaban J connectivity index is 2.12. The molecule has 1 aliphatic rings. The summed E-state index contributed by atoms with van der Waals surface area (Å²) in [5.41, 5.74) is 1.63. The maximum atomic E-state index is 2.52. The molecule has 0 heterocycles. The lowest BCUT2D eigenvalue weighted by atomic mass is 9.66. The average molecular weight is 346 g/mol. The number of hydrogen-bond acceptors (Lipinski definition) is 0. The van der Waals surface area contributed by atoms with Gasteiger partial charge in [-0.3, -0.25) is 0 Å². The standard InChI is InChI=1S/C27H22/c1-16-15-23-18-10-5-4-9-17(18)20-13-8-14-21-19-11-6-7-12-22(19)26(27(16,2)3)25(23)24(20)21/h4-16H,1-3H3. The van der Waals surface area contributed by atoms with Crippen LogP contribution < -0.4 is 5.22 Å². The third-order valence-corrected chi connectivity index (χ3v) is 7.03. The fraction of sp³-hybridized carbons (Fsp3) is 0.185. The molecule has 130 valence electrons. The quantitative estimate of drug-likeness (QED) is 0.215. The molecule has 0 spiro atoms. The van der Waals surface area contributed by atoms with E-state index in [4.69, 9.17) is 0 Å². The fourth-order valence-electron chi connectivity index (χ4n) is 5.35. The zero-order chi connectivity index (χ0) is 18.3. The number of benzene rings is 5. The van der Waals surface area contributed by atoms with Crippen LogP contribution in [0.2, 0.25) is 0 Å². The van der Waals surface area contributed by atoms with E-state index in [-0.39, 0.29) is 5.41 Å². The first-order valence-electron chi connectivity index (χ1n) is 9.89. The van der Waals surface area contributed by atoms with Crippen LogP contribution in [-0.2, 0) is 5.41 Å². The molecule has 0 saturated carbocycles. The van der Waals surface area contributed by atoms with Crippen LogP contribution in [0, 0.1) is 5.92 Å².